The monoisotopic (exact) mass is 292 g/mol. The summed E-state index contributed by atoms with van der Waals surface area (Å²) in [6.45, 7) is 4.73. The maximum absolute atomic E-state index is 5.82. The molecule has 0 aromatic heterocycles. The Bertz CT molecular complexity index is 675. The predicted molar refractivity (Wildman–Crippen MR) is 92.4 cm³/mol. The van der Waals surface area contributed by atoms with Crippen molar-refractivity contribution in [2.75, 3.05) is 0 Å². The molecule has 2 bridgehead atoms. The highest BCUT2D eigenvalue weighted by Crippen LogP contribution is 2.39. The summed E-state index contributed by atoms with van der Waals surface area (Å²) in [6, 6.07) is 9.09. The van der Waals surface area contributed by atoms with Crippen LogP contribution in [-0.2, 0) is 4.74 Å². The van der Waals surface area contributed by atoms with E-state index in [4.69, 9.17) is 4.74 Å². The van der Waals surface area contributed by atoms with Crippen LogP contribution in [-0.4, -0.2) is 12.2 Å². The van der Waals surface area contributed by atoms with E-state index in [-0.39, 0.29) is 12.2 Å². The van der Waals surface area contributed by atoms with Gasteiger partial charge in [0.1, 0.15) is 0 Å². The minimum Gasteiger partial charge on any atom is -0.362 e. The molecule has 1 aliphatic carbocycles. The lowest BCUT2D eigenvalue weighted by molar-refractivity contribution is 0.0829. The van der Waals surface area contributed by atoms with Crippen molar-refractivity contribution in [3.8, 4) is 0 Å². The smallest absolute Gasteiger partial charge is 0.0952 e. The molecule has 1 nitrogen and oxygen atoms in total. The molecule has 1 heteroatoms. The number of ether oxygens (including phenoxy) is 1. The second-order valence-corrected chi connectivity index (χ2v) is 7.60. The second kappa shape index (κ2) is 5.24. The van der Waals surface area contributed by atoms with Crippen LogP contribution in [0.25, 0.3) is 11.1 Å². The number of allylic oxidation sites excluding steroid dienone is 2. The number of hydrogen-bond acceptors (Lipinski definition) is 1. The summed E-state index contributed by atoms with van der Waals surface area (Å²) < 4.78 is 5.82. The maximum atomic E-state index is 5.82. The summed E-state index contributed by atoms with van der Waals surface area (Å²) in [6.07, 6.45) is 14.2. The molecule has 0 fully saturated rings. The van der Waals surface area contributed by atoms with Gasteiger partial charge in [-0.2, -0.15) is 0 Å². The average Bonchev–Trinajstić information content (AvgIpc) is 2.86. The Kier molecular flexibility index (Phi) is 3.34. The summed E-state index contributed by atoms with van der Waals surface area (Å²) in [5, 5.41) is 0. The summed E-state index contributed by atoms with van der Waals surface area (Å²) >= 11 is 0. The first-order chi connectivity index (χ1) is 10.6. The lowest BCUT2D eigenvalue weighted by Gasteiger charge is -2.29. The second-order valence-electron chi connectivity index (χ2n) is 7.60. The summed E-state index contributed by atoms with van der Waals surface area (Å²) in [5.74, 6) is 0. The Hall–Kier alpha value is -1.60. The van der Waals surface area contributed by atoms with Gasteiger partial charge in [-0.05, 0) is 59.1 Å². The summed E-state index contributed by atoms with van der Waals surface area (Å²) in [4.78, 5) is 0. The van der Waals surface area contributed by atoms with Crippen molar-refractivity contribution in [1.82, 2.24) is 0 Å². The molecular formula is C21H24O. The van der Waals surface area contributed by atoms with Crippen LogP contribution in [0.3, 0.4) is 0 Å². The quantitative estimate of drug-likeness (QED) is 0.664. The highest BCUT2D eigenvalue weighted by Gasteiger charge is 2.26. The van der Waals surface area contributed by atoms with E-state index in [1.165, 1.54) is 41.5 Å². The number of rotatable bonds is 2. The molecule has 2 heterocycles. The van der Waals surface area contributed by atoms with Crippen LogP contribution in [0.2, 0.25) is 0 Å². The average molecular weight is 292 g/mol. The fourth-order valence-electron chi connectivity index (χ4n) is 3.69. The van der Waals surface area contributed by atoms with Gasteiger partial charge < -0.3 is 4.74 Å². The Morgan fingerprint density at radius 3 is 2.64 bits per heavy atom. The van der Waals surface area contributed by atoms with Crippen molar-refractivity contribution < 1.29 is 4.74 Å². The fraction of sp³-hybridized carbons (Fsp3) is 0.429. The third-order valence-electron chi connectivity index (χ3n) is 5.21. The molecule has 1 aromatic rings. The lowest BCUT2D eigenvalue weighted by atomic mass is 9.77. The van der Waals surface area contributed by atoms with E-state index in [1.54, 1.807) is 0 Å². The number of fused-ring (bicyclic) bond motifs is 2. The fourth-order valence-corrected chi connectivity index (χ4v) is 3.69. The largest absolute Gasteiger partial charge is 0.362 e. The van der Waals surface area contributed by atoms with Crippen LogP contribution in [0.4, 0.5) is 0 Å². The van der Waals surface area contributed by atoms with Crippen LogP contribution in [0.1, 0.15) is 50.7 Å². The first-order valence-electron chi connectivity index (χ1n) is 8.43. The zero-order chi connectivity index (χ0) is 15.2. The normalized spacial score (nSPS) is 29.2. The topological polar surface area (TPSA) is 9.23 Å². The molecule has 2 aliphatic heterocycles. The lowest BCUT2D eigenvalue weighted by Crippen LogP contribution is -2.16. The standard InChI is InChI=1S/C21H24O/c1-21(2)10-8-15(9-11-21)16-4-3-5-17(12-16)18-13-19-6-7-20(14-18)22-19/h3-8,12-13,19-20H,9-11,14H2,1-2H3. The minimum atomic E-state index is 0.187. The van der Waals surface area contributed by atoms with Crippen molar-refractivity contribution in [2.24, 2.45) is 5.41 Å². The van der Waals surface area contributed by atoms with Crippen molar-refractivity contribution >= 4 is 11.1 Å². The van der Waals surface area contributed by atoms with Gasteiger partial charge in [-0.3, -0.25) is 0 Å². The molecule has 0 spiro atoms. The molecule has 22 heavy (non-hydrogen) atoms. The molecule has 0 saturated carbocycles. The molecule has 2 unspecified atom stereocenters. The Morgan fingerprint density at radius 2 is 1.91 bits per heavy atom. The third-order valence-corrected chi connectivity index (χ3v) is 5.21. The number of hydrogen-bond donors (Lipinski definition) is 0. The zero-order valence-corrected chi connectivity index (χ0v) is 13.5. The molecule has 114 valence electrons. The highest BCUT2D eigenvalue weighted by molar-refractivity contribution is 5.74. The summed E-state index contributed by atoms with van der Waals surface area (Å²) in [7, 11) is 0. The van der Waals surface area contributed by atoms with Gasteiger partial charge in [0.25, 0.3) is 0 Å². The van der Waals surface area contributed by atoms with Crippen LogP contribution in [0, 0.1) is 5.41 Å². The van der Waals surface area contributed by atoms with Gasteiger partial charge in [-0.1, -0.05) is 50.3 Å². The van der Waals surface area contributed by atoms with Gasteiger partial charge in [-0.25, -0.2) is 0 Å². The highest BCUT2D eigenvalue weighted by atomic mass is 16.5. The summed E-state index contributed by atoms with van der Waals surface area (Å²) in [5.41, 5.74) is 6.19. The van der Waals surface area contributed by atoms with E-state index in [2.05, 4.69) is 62.4 Å². The van der Waals surface area contributed by atoms with Crippen molar-refractivity contribution in [3.05, 3.63) is 59.7 Å². The minimum absolute atomic E-state index is 0.187. The Morgan fingerprint density at radius 1 is 1.09 bits per heavy atom. The zero-order valence-electron chi connectivity index (χ0n) is 13.5. The van der Waals surface area contributed by atoms with E-state index in [9.17, 15) is 0 Å². The number of benzene rings is 1. The third kappa shape index (κ3) is 2.70. The van der Waals surface area contributed by atoms with Gasteiger partial charge in [0.15, 0.2) is 0 Å². The molecule has 0 saturated heterocycles. The molecule has 0 N–H and O–H groups in total. The van der Waals surface area contributed by atoms with Crippen LogP contribution < -0.4 is 0 Å². The molecule has 2 atom stereocenters. The van der Waals surface area contributed by atoms with Gasteiger partial charge in [0, 0.05) is 6.42 Å². The molecule has 0 radical (unpaired) electrons. The SMILES string of the molecule is CC1(C)CC=C(c2cccc(C3=CC4C=CC(C3)O4)c2)CC1. The predicted octanol–water partition coefficient (Wildman–Crippen LogP) is 5.39. The Labute approximate surface area is 133 Å². The van der Waals surface area contributed by atoms with Gasteiger partial charge >= 0.3 is 0 Å². The molecule has 0 amide bonds. The van der Waals surface area contributed by atoms with Crippen LogP contribution in [0.15, 0.2) is 48.6 Å². The van der Waals surface area contributed by atoms with E-state index < -0.39 is 0 Å². The van der Waals surface area contributed by atoms with Crippen LogP contribution in [0.5, 0.6) is 0 Å². The maximum Gasteiger partial charge on any atom is 0.0952 e. The van der Waals surface area contributed by atoms with Gasteiger partial charge in [-0.15, -0.1) is 0 Å². The van der Waals surface area contributed by atoms with Crippen LogP contribution >= 0.6 is 0 Å². The van der Waals surface area contributed by atoms with Gasteiger partial charge in [0.2, 0.25) is 0 Å². The van der Waals surface area contributed by atoms with Crippen molar-refractivity contribution in [3.63, 3.8) is 0 Å². The van der Waals surface area contributed by atoms with E-state index in [0.717, 1.165) is 6.42 Å². The molecule has 1 aromatic carbocycles. The van der Waals surface area contributed by atoms with E-state index >= 15 is 0 Å². The first kappa shape index (κ1) is 14.0. The molecule has 4 rings (SSSR count). The van der Waals surface area contributed by atoms with Crippen molar-refractivity contribution in [1.29, 1.82) is 0 Å². The Balaban J connectivity index is 1.61. The molecular weight excluding hydrogens is 268 g/mol. The molecule has 3 aliphatic rings. The van der Waals surface area contributed by atoms with Gasteiger partial charge in [0.05, 0.1) is 12.2 Å². The van der Waals surface area contributed by atoms with E-state index in [0.29, 0.717) is 5.41 Å². The van der Waals surface area contributed by atoms with E-state index in [1.807, 2.05) is 0 Å². The first-order valence-corrected chi connectivity index (χ1v) is 8.43. The van der Waals surface area contributed by atoms with Crippen molar-refractivity contribution in [2.45, 2.75) is 51.7 Å².